The van der Waals surface area contributed by atoms with E-state index in [2.05, 4.69) is 0 Å². The van der Waals surface area contributed by atoms with Gasteiger partial charge in [0.2, 0.25) is 10.0 Å². The van der Waals surface area contributed by atoms with Crippen molar-refractivity contribution in [3.05, 3.63) is 29.8 Å². The quantitative estimate of drug-likeness (QED) is 0.807. The molecule has 0 unspecified atom stereocenters. The molecule has 0 radical (unpaired) electrons. The summed E-state index contributed by atoms with van der Waals surface area (Å²) in [4.78, 5) is -0.0765. The molecule has 0 bridgehead atoms. The number of aliphatic hydroxyl groups excluding tert-OH is 1. The molecule has 0 saturated carbocycles. The Labute approximate surface area is 115 Å². The van der Waals surface area contributed by atoms with E-state index in [9.17, 15) is 21.6 Å². The van der Waals surface area contributed by atoms with E-state index in [0.717, 1.165) is 5.56 Å². The number of alkyl halides is 3. The summed E-state index contributed by atoms with van der Waals surface area (Å²) < 4.78 is 61.2. The normalized spacial score (nSPS) is 12.6. The summed E-state index contributed by atoms with van der Waals surface area (Å²) in [5.41, 5.74) is 0.855. The fourth-order valence-electron chi connectivity index (χ4n) is 1.53. The van der Waals surface area contributed by atoms with E-state index in [1.165, 1.54) is 12.1 Å². The van der Waals surface area contributed by atoms with E-state index in [4.69, 9.17) is 5.11 Å². The van der Waals surface area contributed by atoms with Gasteiger partial charge < -0.3 is 5.11 Å². The van der Waals surface area contributed by atoms with E-state index in [1.54, 1.807) is 12.1 Å². The highest BCUT2D eigenvalue weighted by Gasteiger charge is 2.27. The lowest BCUT2D eigenvalue weighted by Gasteiger charge is -2.09. The molecule has 1 aromatic carbocycles. The zero-order valence-corrected chi connectivity index (χ0v) is 11.5. The Morgan fingerprint density at radius 2 is 1.75 bits per heavy atom. The number of sulfonamides is 1. The number of aliphatic hydroxyl groups is 1. The fraction of sp³-hybridized carbons (Fsp3) is 0.500. The minimum absolute atomic E-state index is 0.0407. The van der Waals surface area contributed by atoms with E-state index >= 15 is 0 Å². The maximum absolute atomic E-state index is 11.9. The topological polar surface area (TPSA) is 66.4 Å². The van der Waals surface area contributed by atoms with Crippen molar-refractivity contribution in [2.75, 3.05) is 13.2 Å². The number of rotatable bonds is 7. The molecule has 0 saturated heterocycles. The van der Waals surface area contributed by atoms with Gasteiger partial charge in [-0.2, -0.15) is 13.2 Å². The maximum atomic E-state index is 11.9. The highest BCUT2D eigenvalue weighted by molar-refractivity contribution is 7.89. The van der Waals surface area contributed by atoms with Crippen LogP contribution < -0.4 is 4.72 Å². The lowest BCUT2D eigenvalue weighted by molar-refractivity contribution is -0.132. The lowest BCUT2D eigenvalue weighted by Crippen LogP contribution is -2.28. The number of nitrogens with one attached hydrogen (secondary N) is 1. The summed E-state index contributed by atoms with van der Waals surface area (Å²) in [6.45, 7) is -0.642. The minimum atomic E-state index is -4.39. The van der Waals surface area contributed by atoms with Crippen molar-refractivity contribution in [2.45, 2.75) is 30.3 Å². The Hall–Kier alpha value is -1.12. The molecule has 0 aliphatic carbocycles. The second kappa shape index (κ2) is 7.05. The molecule has 0 fully saturated rings. The summed E-state index contributed by atoms with van der Waals surface area (Å²) in [5.74, 6) is 0. The van der Waals surface area contributed by atoms with Crippen LogP contribution in [0, 0.1) is 0 Å². The lowest BCUT2D eigenvalue weighted by atomic mass is 10.1. The van der Waals surface area contributed by atoms with Crippen LogP contribution in [-0.4, -0.2) is 32.9 Å². The molecule has 0 heterocycles. The molecule has 1 rings (SSSR count). The van der Waals surface area contributed by atoms with E-state index < -0.39 is 29.2 Å². The fourth-order valence-corrected chi connectivity index (χ4v) is 2.56. The van der Waals surface area contributed by atoms with Crippen molar-refractivity contribution in [1.82, 2.24) is 4.72 Å². The first kappa shape index (κ1) is 16.9. The van der Waals surface area contributed by atoms with E-state index in [-0.39, 0.29) is 11.5 Å². The molecule has 114 valence electrons. The number of benzene rings is 1. The molecule has 2 N–H and O–H groups in total. The van der Waals surface area contributed by atoms with Gasteiger partial charge in [-0.25, -0.2) is 13.1 Å². The van der Waals surface area contributed by atoms with Gasteiger partial charge in [0.05, 0.1) is 11.3 Å². The smallest absolute Gasteiger partial charge is 0.390 e. The van der Waals surface area contributed by atoms with Crippen molar-refractivity contribution >= 4 is 10.0 Å². The second-order valence-corrected chi connectivity index (χ2v) is 6.00. The van der Waals surface area contributed by atoms with Crippen molar-refractivity contribution in [2.24, 2.45) is 0 Å². The number of halogens is 3. The predicted octanol–water partition coefficient (Wildman–Crippen LogP) is 1.84. The van der Waals surface area contributed by atoms with Crippen molar-refractivity contribution in [3.63, 3.8) is 0 Å². The van der Waals surface area contributed by atoms with Crippen LogP contribution in [0.2, 0.25) is 0 Å². The van der Waals surface area contributed by atoms with Crippen LogP contribution in [0.1, 0.15) is 18.4 Å². The monoisotopic (exact) mass is 311 g/mol. The zero-order chi connectivity index (χ0) is 15.2. The summed E-state index contributed by atoms with van der Waals surface area (Å²) in [6.07, 6.45) is -4.42. The first-order valence-electron chi connectivity index (χ1n) is 6.01. The Morgan fingerprint density at radius 1 is 1.15 bits per heavy atom. The van der Waals surface area contributed by atoms with Crippen LogP contribution >= 0.6 is 0 Å². The average molecular weight is 311 g/mol. The van der Waals surface area contributed by atoms with Crippen LogP contribution in [-0.2, 0) is 16.4 Å². The van der Waals surface area contributed by atoms with Crippen LogP contribution in [0.3, 0.4) is 0 Å². The first-order valence-corrected chi connectivity index (χ1v) is 7.49. The molecule has 8 heteroatoms. The SMILES string of the molecule is O=S(=O)(NCCC(F)(F)F)c1ccc(CCCO)cc1. The zero-order valence-electron chi connectivity index (χ0n) is 10.7. The molecule has 0 amide bonds. The molecule has 0 atom stereocenters. The van der Waals surface area contributed by atoms with Crippen molar-refractivity contribution < 1.29 is 26.7 Å². The van der Waals surface area contributed by atoms with Gasteiger partial charge in [-0.3, -0.25) is 0 Å². The highest BCUT2D eigenvalue weighted by Crippen LogP contribution is 2.19. The molecule has 0 aromatic heterocycles. The molecule has 20 heavy (non-hydrogen) atoms. The van der Waals surface area contributed by atoms with Crippen LogP contribution in [0.5, 0.6) is 0 Å². The van der Waals surface area contributed by atoms with Gasteiger partial charge in [-0.1, -0.05) is 12.1 Å². The van der Waals surface area contributed by atoms with Crippen LogP contribution in [0.25, 0.3) is 0 Å². The Bertz CT molecular complexity index is 512. The van der Waals surface area contributed by atoms with Gasteiger partial charge in [0, 0.05) is 13.2 Å². The summed E-state index contributed by atoms with van der Waals surface area (Å²) >= 11 is 0. The maximum Gasteiger partial charge on any atom is 0.390 e. The van der Waals surface area contributed by atoms with Crippen molar-refractivity contribution in [1.29, 1.82) is 0 Å². The summed E-state index contributed by atoms with van der Waals surface area (Å²) in [6, 6.07) is 5.83. The third kappa shape index (κ3) is 5.89. The third-order valence-electron chi connectivity index (χ3n) is 2.56. The van der Waals surface area contributed by atoms with Gasteiger partial charge in [-0.15, -0.1) is 0 Å². The Morgan fingerprint density at radius 3 is 2.25 bits per heavy atom. The Balaban J connectivity index is 2.63. The molecule has 0 aliphatic heterocycles. The second-order valence-electron chi connectivity index (χ2n) is 4.23. The highest BCUT2D eigenvalue weighted by atomic mass is 32.2. The standard InChI is InChI=1S/C12H16F3NO3S/c13-12(14,15)7-8-16-20(18,19)11-5-3-10(4-6-11)2-1-9-17/h3-6,16-17H,1-2,7-9H2. The summed E-state index contributed by atoms with van der Waals surface area (Å²) in [7, 11) is -3.92. The molecular formula is C12H16F3NO3S. The minimum Gasteiger partial charge on any atom is -0.396 e. The number of aryl methyl sites for hydroxylation is 1. The average Bonchev–Trinajstić information content (AvgIpc) is 2.35. The molecule has 4 nitrogen and oxygen atoms in total. The Kier molecular flexibility index (Phi) is 5.97. The molecule has 1 aromatic rings. The summed E-state index contributed by atoms with van der Waals surface area (Å²) in [5, 5.41) is 8.68. The number of hydrogen-bond acceptors (Lipinski definition) is 3. The largest absolute Gasteiger partial charge is 0.396 e. The van der Waals surface area contributed by atoms with Gasteiger partial charge >= 0.3 is 6.18 Å². The van der Waals surface area contributed by atoms with Crippen LogP contribution in [0.15, 0.2) is 29.2 Å². The predicted molar refractivity (Wildman–Crippen MR) is 67.7 cm³/mol. The van der Waals surface area contributed by atoms with Crippen molar-refractivity contribution in [3.8, 4) is 0 Å². The molecular weight excluding hydrogens is 295 g/mol. The van der Waals surface area contributed by atoms with Crippen LogP contribution in [0.4, 0.5) is 13.2 Å². The molecule has 0 aliphatic rings. The van der Waals surface area contributed by atoms with E-state index in [1.807, 2.05) is 4.72 Å². The third-order valence-corrected chi connectivity index (χ3v) is 4.03. The van der Waals surface area contributed by atoms with Gasteiger partial charge in [-0.05, 0) is 30.5 Å². The number of hydrogen-bond donors (Lipinski definition) is 2. The van der Waals surface area contributed by atoms with Gasteiger partial charge in [0.1, 0.15) is 0 Å². The van der Waals surface area contributed by atoms with Gasteiger partial charge in [0.15, 0.2) is 0 Å². The van der Waals surface area contributed by atoms with E-state index in [0.29, 0.717) is 12.8 Å². The van der Waals surface area contributed by atoms with Gasteiger partial charge in [0.25, 0.3) is 0 Å². The molecule has 0 spiro atoms. The first-order chi connectivity index (χ1) is 9.24.